The van der Waals surface area contributed by atoms with Gasteiger partial charge in [-0.05, 0) is 19.1 Å². The van der Waals surface area contributed by atoms with E-state index in [2.05, 4.69) is 5.32 Å². The smallest absolute Gasteiger partial charge is 0.374 e. The Hall–Kier alpha value is -1.72. The van der Waals surface area contributed by atoms with Gasteiger partial charge in [-0.3, -0.25) is 4.79 Å². The molecule has 1 atom stereocenters. The van der Waals surface area contributed by atoms with Crippen molar-refractivity contribution in [3.8, 4) is 0 Å². The van der Waals surface area contributed by atoms with Crippen LogP contribution >= 0.6 is 0 Å². The second-order valence-electron chi connectivity index (χ2n) is 3.57. The summed E-state index contributed by atoms with van der Waals surface area (Å²) in [6, 6.07) is 8.08. The molecule has 1 aromatic carbocycles. The Morgan fingerprint density at radius 1 is 1.29 bits per heavy atom. The van der Waals surface area contributed by atoms with Gasteiger partial charge in [0.1, 0.15) is 12.6 Å². The number of para-hydroxylation sites is 1. The molecule has 0 aliphatic rings. The summed E-state index contributed by atoms with van der Waals surface area (Å²) in [5, 5.41) is 4.61. The molecule has 2 N–H and O–H groups in total. The van der Waals surface area contributed by atoms with Gasteiger partial charge in [0.15, 0.2) is 0 Å². The van der Waals surface area contributed by atoms with Crippen molar-refractivity contribution < 1.29 is 18.0 Å². The van der Waals surface area contributed by atoms with Crippen LogP contribution in [0.25, 0.3) is 0 Å². The Bertz CT molecular complexity index is 365. The van der Waals surface area contributed by atoms with Gasteiger partial charge in [0, 0.05) is 5.69 Å². The molecular weight excluding hydrogens is 233 g/mol. The van der Waals surface area contributed by atoms with Gasteiger partial charge in [-0.2, -0.15) is 13.2 Å². The first-order valence-electron chi connectivity index (χ1n) is 5.04. The fraction of sp³-hybridized carbons (Fsp3) is 0.364. The van der Waals surface area contributed by atoms with Crippen molar-refractivity contribution in [2.75, 3.05) is 11.9 Å². The van der Waals surface area contributed by atoms with Crippen molar-refractivity contribution in [2.45, 2.75) is 19.1 Å². The fourth-order valence-corrected chi connectivity index (χ4v) is 1.19. The summed E-state index contributed by atoms with van der Waals surface area (Å²) in [5.74, 6) is -0.689. The summed E-state index contributed by atoms with van der Waals surface area (Å²) in [6.45, 7) is 0.186. The average Bonchev–Trinajstić information content (AvgIpc) is 2.26. The van der Waals surface area contributed by atoms with Gasteiger partial charge in [-0.1, -0.05) is 18.2 Å². The first kappa shape index (κ1) is 13.3. The van der Waals surface area contributed by atoms with E-state index in [-0.39, 0.29) is 0 Å². The van der Waals surface area contributed by atoms with Crippen LogP contribution in [-0.2, 0) is 4.79 Å². The minimum atomic E-state index is -4.39. The zero-order valence-corrected chi connectivity index (χ0v) is 9.21. The number of carbonyl (C=O) groups excluding carboxylic acids is 1. The van der Waals surface area contributed by atoms with Crippen LogP contribution in [0.3, 0.4) is 0 Å². The minimum Gasteiger partial charge on any atom is -0.374 e. The third kappa shape index (κ3) is 5.24. The molecule has 0 heterocycles. The predicted octanol–water partition coefficient (Wildman–Crippen LogP) is 2.17. The predicted molar refractivity (Wildman–Crippen MR) is 58.6 cm³/mol. The number of amides is 1. The van der Waals surface area contributed by atoms with E-state index in [1.807, 2.05) is 5.32 Å². The summed E-state index contributed by atoms with van der Waals surface area (Å²) in [6.07, 6.45) is -4.39. The Labute approximate surface area is 97.0 Å². The summed E-state index contributed by atoms with van der Waals surface area (Å²) < 4.78 is 35.6. The maximum atomic E-state index is 11.9. The van der Waals surface area contributed by atoms with E-state index in [9.17, 15) is 18.0 Å². The normalized spacial score (nSPS) is 12.9. The molecule has 0 aliphatic carbocycles. The van der Waals surface area contributed by atoms with Crippen molar-refractivity contribution in [1.82, 2.24) is 5.32 Å². The molecule has 0 fully saturated rings. The molecule has 1 unspecified atom stereocenters. The number of anilines is 1. The Morgan fingerprint density at radius 3 is 2.41 bits per heavy atom. The third-order valence-electron chi connectivity index (χ3n) is 2.01. The highest BCUT2D eigenvalue weighted by Crippen LogP contribution is 2.12. The highest BCUT2D eigenvalue weighted by molar-refractivity contribution is 5.84. The molecule has 0 bridgehead atoms. The molecule has 0 aliphatic heterocycles. The van der Waals surface area contributed by atoms with Crippen molar-refractivity contribution >= 4 is 11.6 Å². The molecule has 17 heavy (non-hydrogen) atoms. The molecule has 6 heteroatoms. The lowest BCUT2D eigenvalue weighted by Crippen LogP contribution is -2.42. The largest absolute Gasteiger partial charge is 0.405 e. The van der Waals surface area contributed by atoms with Crippen LogP contribution in [0.15, 0.2) is 30.3 Å². The van der Waals surface area contributed by atoms with Crippen molar-refractivity contribution in [3.63, 3.8) is 0 Å². The quantitative estimate of drug-likeness (QED) is 0.854. The zero-order chi connectivity index (χ0) is 12.9. The van der Waals surface area contributed by atoms with E-state index in [4.69, 9.17) is 0 Å². The summed E-state index contributed by atoms with van der Waals surface area (Å²) in [7, 11) is 0. The Morgan fingerprint density at radius 2 is 1.88 bits per heavy atom. The second-order valence-corrected chi connectivity index (χ2v) is 3.57. The lowest BCUT2D eigenvalue weighted by atomic mass is 10.2. The molecule has 0 radical (unpaired) electrons. The van der Waals surface area contributed by atoms with Crippen LogP contribution in [0.4, 0.5) is 18.9 Å². The molecule has 3 nitrogen and oxygen atoms in total. The SMILES string of the molecule is CC(Nc1ccccc1)C(=O)NCC(F)(F)F. The second kappa shape index (κ2) is 5.56. The van der Waals surface area contributed by atoms with Gasteiger partial charge >= 0.3 is 6.18 Å². The molecule has 0 spiro atoms. The third-order valence-corrected chi connectivity index (χ3v) is 2.01. The maximum Gasteiger partial charge on any atom is 0.405 e. The van der Waals surface area contributed by atoms with Gasteiger partial charge in [0.2, 0.25) is 5.91 Å². The molecule has 1 aromatic rings. The maximum absolute atomic E-state index is 11.9. The lowest BCUT2D eigenvalue weighted by molar-refractivity contribution is -0.138. The molecule has 0 saturated heterocycles. The van der Waals surface area contributed by atoms with Crippen LogP contribution in [0, 0.1) is 0 Å². The number of hydrogen-bond donors (Lipinski definition) is 2. The standard InChI is InChI=1S/C11H13F3N2O/c1-8(10(17)15-7-11(12,13)14)16-9-5-3-2-4-6-9/h2-6,8,16H,7H2,1H3,(H,15,17). The van der Waals surface area contributed by atoms with E-state index in [1.165, 1.54) is 6.92 Å². The van der Waals surface area contributed by atoms with E-state index >= 15 is 0 Å². The van der Waals surface area contributed by atoms with E-state index in [1.54, 1.807) is 30.3 Å². The minimum absolute atomic E-state index is 0.683. The number of rotatable bonds is 4. The molecule has 0 aromatic heterocycles. The van der Waals surface area contributed by atoms with Crippen LogP contribution in [-0.4, -0.2) is 24.7 Å². The Kier molecular flexibility index (Phi) is 4.37. The molecule has 0 saturated carbocycles. The average molecular weight is 246 g/mol. The van der Waals surface area contributed by atoms with Gasteiger partial charge in [-0.15, -0.1) is 0 Å². The number of halogens is 3. The number of alkyl halides is 3. The van der Waals surface area contributed by atoms with Crippen LogP contribution in [0.1, 0.15) is 6.92 Å². The zero-order valence-electron chi connectivity index (χ0n) is 9.21. The monoisotopic (exact) mass is 246 g/mol. The topological polar surface area (TPSA) is 41.1 Å². The highest BCUT2D eigenvalue weighted by atomic mass is 19.4. The number of carbonyl (C=O) groups is 1. The van der Waals surface area contributed by atoms with Crippen molar-refractivity contribution in [1.29, 1.82) is 0 Å². The summed E-state index contributed by atoms with van der Waals surface area (Å²) in [4.78, 5) is 11.3. The molecule has 1 rings (SSSR count). The van der Waals surface area contributed by atoms with Crippen LogP contribution in [0.2, 0.25) is 0 Å². The van der Waals surface area contributed by atoms with Gasteiger partial charge in [-0.25, -0.2) is 0 Å². The molecular formula is C11H13F3N2O. The molecule has 94 valence electrons. The van der Waals surface area contributed by atoms with Gasteiger partial charge in [0.05, 0.1) is 0 Å². The van der Waals surface area contributed by atoms with Gasteiger partial charge < -0.3 is 10.6 Å². The van der Waals surface area contributed by atoms with E-state index < -0.39 is 24.7 Å². The van der Waals surface area contributed by atoms with Crippen molar-refractivity contribution in [2.24, 2.45) is 0 Å². The summed E-state index contributed by atoms with van der Waals surface area (Å²) >= 11 is 0. The summed E-state index contributed by atoms with van der Waals surface area (Å²) in [5.41, 5.74) is 0.683. The number of benzene rings is 1. The molecule has 1 amide bonds. The fourth-order valence-electron chi connectivity index (χ4n) is 1.19. The first-order chi connectivity index (χ1) is 7.88. The van der Waals surface area contributed by atoms with Crippen LogP contribution in [0.5, 0.6) is 0 Å². The van der Waals surface area contributed by atoms with Gasteiger partial charge in [0.25, 0.3) is 0 Å². The first-order valence-corrected chi connectivity index (χ1v) is 5.04. The number of hydrogen-bond acceptors (Lipinski definition) is 2. The Balaban J connectivity index is 2.43. The van der Waals surface area contributed by atoms with Crippen LogP contribution < -0.4 is 10.6 Å². The van der Waals surface area contributed by atoms with Crippen molar-refractivity contribution in [3.05, 3.63) is 30.3 Å². The van der Waals surface area contributed by atoms with E-state index in [0.29, 0.717) is 5.69 Å². The lowest BCUT2D eigenvalue weighted by Gasteiger charge is -2.15. The van der Waals surface area contributed by atoms with E-state index in [0.717, 1.165) is 0 Å². The number of nitrogens with one attached hydrogen (secondary N) is 2. The highest BCUT2D eigenvalue weighted by Gasteiger charge is 2.28.